The van der Waals surface area contributed by atoms with Crippen LogP contribution in [0.25, 0.3) is 22.6 Å². The number of aryl methyl sites for hydroxylation is 1. The first-order chi connectivity index (χ1) is 11.1. The SMILES string of the molecule is COC(=O)C(OC)c1ccc2oc(-c3ccc(C)cc3)nc2c1. The molecule has 1 atom stereocenters. The molecule has 23 heavy (non-hydrogen) atoms. The number of methoxy groups -OCH3 is 2. The maximum absolute atomic E-state index is 11.7. The van der Waals surface area contributed by atoms with Gasteiger partial charge in [0.25, 0.3) is 0 Å². The van der Waals surface area contributed by atoms with Gasteiger partial charge < -0.3 is 13.9 Å². The van der Waals surface area contributed by atoms with E-state index in [-0.39, 0.29) is 0 Å². The van der Waals surface area contributed by atoms with Gasteiger partial charge >= 0.3 is 5.97 Å². The first-order valence-electron chi connectivity index (χ1n) is 7.20. The van der Waals surface area contributed by atoms with Gasteiger partial charge in [-0.25, -0.2) is 9.78 Å². The second-order valence-corrected chi connectivity index (χ2v) is 5.25. The highest BCUT2D eigenvalue weighted by Crippen LogP contribution is 2.28. The van der Waals surface area contributed by atoms with Gasteiger partial charge in [0.1, 0.15) is 5.52 Å². The van der Waals surface area contributed by atoms with Crippen molar-refractivity contribution in [3.8, 4) is 11.5 Å². The number of hydrogen-bond donors (Lipinski definition) is 0. The molecule has 1 aromatic heterocycles. The third-order valence-corrected chi connectivity index (χ3v) is 3.66. The van der Waals surface area contributed by atoms with Crippen molar-refractivity contribution in [3.05, 3.63) is 53.6 Å². The molecule has 0 N–H and O–H groups in total. The Morgan fingerprint density at radius 1 is 1.13 bits per heavy atom. The maximum atomic E-state index is 11.7. The lowest BCUT2D eigenvalue weighted by Gasteiger charge is -2.12. The second-order valence-electron chi connectivity index (χ2n) is 5.25. The number of fused-ring (bicyclic) bond motifs is 1. The van der Waals surface area contributed by atoms with Crippen molar-refractivity contribution >= 4 is 17.1 Å². The summed E-state index contributed by atoms with van der Waals surface area (Å²) in [5.74, 6) is 0.0956. The molecule has 0 spiro atoms. The van der Waals surface area contributed by atoms with E-state index in [0.29, 0.717) is 22.6 Å². The van der Waals surface area contributed by atoms with Crippen molar-refractivity contribution in [1.82, 2.24) is 4.98 Å². The molecule has 1 heterocycles. The Morgan fingerprint density at radius 2 is 1.87 bits per heavy atom. The smallest absolute Gasteiger partial charge is 0.339 e. The van der Waals surface area contributed by atoms with Crippen molar-refractivity contribution in [2.45, 2.75) is 13.0 Å². The number of esters is 1. The van der Waals surface area contributed by atoms with Gasteiger partial charge in [-0.05, 0) is 36.8 Å². The number of ether oxygens (including phenoxy) is 2. The zero-order valence-electron chi connectivity index (χ0n) is 13.2. The Bertz CT molecular complexity index is 836. The van der Waals surface area contributed by atoms with Gasteiger partial charge in [0.2, 0.25) is 5.89 Å². The molecule has 2 aromatic carbocycles. The highest BCUT2D eigenvalue weighted by Gasteiger charge is 2.22. The molecule has 0 bridgehead atoms. The molecule has 0 saturated carbocycles. The number of aromatic nitrogens is 1. The lowest BCUT2D eigenvalue weighted by atomic mass is 10.1. The van der Waals surface area contributed by atoms with Crippen LogP contribution >= 0.6 is 0 Å². The lowest BCUT2D eigenvalue weighted by Crippen LogP contribution is -2.15. The second kappa shape index (κ2) is 6.22. The van der Waals surface area contributed by atoms with Crippen LogP contribution in [0.15, 0.2) is 46.9 Å². The minimum Gasteiger partial charge on any atom is -0.467 e. The summed E-state index contributed by atoms with van der Waals surface area (Å²) in [6.07, 6.45) is -0.774. The quantitative estimate of drug-likeness (QED) is 0.688. The van der Waals surface area contributed by atoms with Crippen LogP contribution in [0.5, 0.6) is 0 Å². The summed E-state index contributed by atoms with van der Waals surface area (Å²) in [5, 5.41) is 0. The van der Waals surface area contributed by atoms with Crippen molar-refractivity contribution in [2.24, 2.45) is 0 Å². The molecule has 1 unspecified atom stereocenters. The Balaban J connectivity index is 2.00. The standard InChI is InChI=1S/C18H17NO4/c1-11-4-6-12(7-5-11)17-19-14-10-13(8-9-15(14)23-17)16(21-2)18(20)22-3/h4-10,16H,1-3H3. The van der Waals surface area contributed by atoms with E-state index in [9.17, 15) is 4.79 Å². The van der Waals surface area contributed by atoms with E-state index >= 15 is 0 Å². The monoisotopic (exact) mass is 311 g/mol. The van der Waals surface area contributed by atoms with Gasteiger partial charge in [-0.1, -0.05) is 23.8 Å². The van der Waals surface area contributed by atoms with Crippen molar-refractivity contribution < 1.29 is 18.7 Å². The maximum Gasteiger partial charge on any atom is 0.339 e. The van der Waals surface area contributed by atoms with E-state index in [0.717, 1.165) is 5.56 Å². The third kappa shape index (κ3) is 2.96. The molecule has 0 fully saturated rings. The first kappa shape index (κ1) is 15.2. The van der Waals surface area contributed by atoms with Crippen LogP contribution in [0.1, 0.15) is 17.2 Å². The van der Waals surface area contributed by atoms with E-state index in [1.807, 2.05) is 31.2 Å². The van der Waals surface area contributed by atoms with Crippen LogP contribution in [0.2, 0.25) is 0 Å². The molecule has 5 nitrogen and oxygen atoms in total. The molecule has 3 aromatic rings. The van der Waals surface area contributed by atoms with Crippen LogP contribution in [-0.4, -0.2) is 25.2 Å². The molecule has 0 aliphatic carbocycles. The van der Waals surface area contributed by atoms with Gasteiger partial charge in [-0.15, -0.1) is 0 Å². The molecule has 0 aliphatic heterocycles. The average Bonchev–Trinajstić information content (AvgIpc) is 2.99. The summed E-state index contributed by atoms with van der Waals surface area (Å²) in [4.78, 5) is 16.2. The Hall–Kier alpha value is -2.66. The molecular formula is C18H17NO4. The number of oxazole rings is 1. The fraction of sp³-hybridized carbons (Fsp3) is 0.222. The van der Waals surface area contributed by atoms with Crippen LogP contribution in [0.3, 0.4) is 0 Å². The van der Waals surface area contributed by atoms with Crippen LogP contribution < -0.4 is 0 Å². The van der Waals surface area contributed by atoms with Crippen LogP contribution in [0, 0.1) is 6.92 Å². The fourth-order valence-electron chi connectivity index (χ4n) is 2.40. The van der Waals surface area contributed by atoms with Gasteiger partial charge in [-0.2, -0.15) is 0 Å². The van der Waals surface area contributed by atoms with Gasteiger partial charge in [0.05, 0.1) is 7.11 Å². The molecule has 5 heteroatoms. The number of hydrogen-bond acceptors (Lipinski definition) is 5. The Morgan fingerprint density at radius 3 is 2.52 bits per heavy atom. The minimum absolute atomic E-state index is 0.450. The molecule has 0 amide bonds. The first-order valence-corrected chi connectivity index (χ1v) is 7.20. The highest BCUT2D eigenvalue weighted by molar-refractivity contribution is 5.81. The lowest BCUT2D eigenvalue weighted by molar-refractivity contribution is -0.152. The number of benzene rings is 2. The summed E-state index contributed by atoms with van der Waals surface area (Å²) >= 11 is 0. The predicted molar refractivity (Wildman–Crippen MR) is 85.9 cm³/mol. The largest absolute Gasteiger partial charge is 0.467 e. The van der Waals surface area contributed by atoms with Gasteiger partial charge in [0.15, 0.2) is 11.7 Å². The van der Waals surface area contributed by atoms with Crippen LogP contribution in [-0.2, 0) is 14.3 Å². The Kier molecular flexibility index (Phi) is 4.12. The molecule has 0 radical (unpaired) electrons. The van der Waals surface area contributed by atoms with Crippen LogP contribution in [0.4, 0.5) is 0 Å². The topological polar surface area (TPSA) is 61.6 Å². The summed E-state index contributed by atoms with van der Waals surface area (Å²) < 4.78 is 15.7. The molecular weight excluding hydrogens is 294 g/mol. The van der Waals surface area contributed by atoms with Crippen molar-refractivity contribution in [2.75, 3.05) is 14.2 Å². The average molecular weight is 311 g/mol. The summed E-state index contributed by atoms with van der Waals surface area (Å²) in [7, 11) is 2.80. The number of carbonyl (C=O) groups is 1. The normalized spacial score (nSPS) is 12.3. The molecule has 0 aliphatic rings. The van der Waals surface area contributed by atoms with Gasteiger partial charge in [-0.3, -0.25) is 0 Å². The zero-order chi connectivity index (χ0) is 16.4. The van der Waals surface area contributed by atoms with E-state index in [4.69, 9.17) is 13.9 Å². The summed E-state index contributed by atoms with van der Waals surface area (Å²) in [6, 6.07) is 13.3. The molecule has 118 valence electrons. The number of rotatable bonds is 4. The van der Waals surface area contributed by atoms with E-state index in [2.05, 4.69) is 4.98 Å². The summed E-state index contributed by atoms with van der Waals surface area (Å²) in [6.45, 7) is 2.03. The number of nitrogens with zero attached hydrogens (tertiary/aromatic N) is 1. The van der Waals surface area contributed by atoms with Crippen molar-refractivity contribution in [3.63, 3.8) is 0 Å². The minimum atomic E-state index is -0.774. The van der Waals surface area contributed by atoms with Crippen molar-refractivity contribution in [1.29, 1.82) is 0 Å². The zero-order valence-corrected chi connectivity index (χ0v) is 13.2. The van der Waals surface area contributed by atoms with Gasteiger partial charge in [0, 0.05) is 12.7 Å². The Labute approximate surface area is 133 Å². The van der Waals surface area contributed by atoms with E-state index in [1.54, 1.807) is 18.2 Å². The molecule has 3 rings (SSSR count). The van der Waals surface area contributed by atoms with E-state index < -0.39 is 12.1 Å². The van der Waals surface area contributed by atoms with E-state index in [1.165, 1.54) is 19.8 Å². The fourth-order valence-corrected chi connectivity index (χ4v) is 2.40. The highest BCUT2D eigenvalue weighted by atomic mass is 16.6. The third-order valence-electron chi connectivity index (χ3n) is 3.66. The predicted octanol–water partition coefficient (Wildman–Crippen LogP) is 3.66. The molecule has 0 saturated heterocycles. The number of carbonyl (C=O) groups excluding carboxylic acids is 1. The summed E-state index contributed by atoms with van der Waals surface area (Å²) in [5.41, 5.74) is 4.08.